The van der Waals surface area contributed by atoms with Crippen molar-refractivity contribution < 1.29 is 0 Å². The second-order valence-electron chi connectivity index (χ2n) is 5.28. The zero-order valence-electron chi connectivity index (χ0n) is 11.0. The van der Waals surface area contributed by atoms with Crippen molar-refractivity contribution in [2.45, 2.75) is 26.2 Å². The van der Waals surface area contributed by atoms with Crippen LogP contribution in [0.2, 0.25) is 0 Å². The molecule has 5 heteroatoms. The van der Waals surface area contributed by atoms with E-state index in [0.29, 0.717) is 0 Å². The molecule has 100 valence electrons. The van der Waals surface area contributed by atoms with Gasteiger partial charge in [-0.2, -0.15) is 0 Å². The summed E-state index contributed by atoms with van der Waals surface area (Å²) in [5, 5.41) is 3.29. The lowest BCUT2D eigenvalue weighted by molar-refractivity contribution is 0.544. The number of anilines is 2. The van der Waals surface area contributed by atoms with Gasteiger partial charge in [0.25, 0.3) is 0 Å². The molecule has 1 N–H and O–H groups in total. The van der Waals surface area contributed by atoms with E-state index < -0.39 is 0 Å². The molecule has 0 fully saturated rings. The van der Waals surface area contributed by atoms with E-state index in [-0.39, 0.29) is 5.41 Å². The van der Waals surface area contributed by atoms with Crippen molar-refractivity contribution in [1.29, 1.82) is 0 Å². The van der Waals surface area contributed by atoms with Gasteiger partial charge in [0, 0.05) is 21.6 Å². The predicted octanol–water partition coefficient (Wildman–Crippen LogP) is 5.04. The molecule has 1 heterocycles. The van der Waals surface area contributed by atoms with Gasteiger partial charge in [-0.3, -0.25) is 0 Å². The maximum Gasteiger partial charge on any atom is 0.137 e. The van der Waals surface area contributed by atoms with Crippen LogP contribution in [-0.2, 0) is 5.41 Å². The summed E-state index contributed by atoms with van der Waals surface area (Å²) >= 11 is 6.89. The standard InChI is InChI=1S/C14H15Br2N3/c1-14(2,3)13-18-11(16)8-12(19-13)17-10-6-4-5-9(15)7-10/h4-8H,1-3H3,(H,17,18,19). The molecule has 1 aromatic heterocycles. The van der Waals surface area contributed by atoms with Crippen molar-refractivity contribution in [3.63, 3.8) is 0 Å². The fourth-order valence-corrected chi connectivity index (χ4v) is 2.32. The van der Waals surface area contributed by atoms with Crippen LogP contribution in [0, 0.1) is 0 Å². The molecule has 19 heavy (non-hydrogen) atoms. The average molecular weight is 385 g/mol. The first-order valence-electron chi connectivity index (χ1n) is 5.92. The average Bonchev–Trinajstić information content (AvgIpc) is 2.26. The molecule has 0 amide bonds. The lowest BCUT2D eigenvalue weighted by Gasteiger charge is -2.18. The van der Waals surface area contributed by atoms with E-state index in [1.54, 1.807) is 0 Å². The van der Waals surface area contributed by atoms with E-state index in [9.17, 15) is 0 Å². The lowest BCUT2D eigenvalue weighted by atomic mass is 9.96. The molecule has 0 aliphatic rings. The lowest BCUT2D eigenvalue weighted by Crippen LogP contribution is -2.16. The molecule has 0 radical (unpaired) electrons. The highest BCUT2D eigenvalue weighted by Gasteiger charge is 2.18. The second kappa shape index (κ2) is 5.59. The van der Waals surface area contributed by atoms with Crippen LogP contribution in [-0.4, -0.2) is 9.97 Å². The van der Waals surface area contributed by atoms with Gasteiger partial charge in [0.05, 0.1) is 0 Å². The van der Waals surface area contributed by atoms with Crippen molar-refractivity contribution in [2.24, 2.45) is 0 Å². The monoisotopic (exact) mass is 383 g/mol. The number of benzene rings is 1. The summed E-state index contributed by atoms with van der Waals surface area (Å²) in [6.45, 7) is 6.28. The number of hydrogen-bond acceptors (Lipinski definition) is 3. The maximum atomic E-state index is 4.56. The van der Waals surface area contributed by atoms with Gasteiger partial charge >= 0.3 is 0 Å². The summed E-state index contributed by atoms with van der Waals surface area (Å²) in [4.78, 5) is 8.98. The molecular weight excluding hydrogens is 370 g/mol. The molecule has 2 aromatic rings. The quantitative estimate of drug-likeness (QED) is 0.736. The topological polar surface area (TPSA) is 37.8 Å². The molecule has 0 bridgehead atoms. The zero-order chi connectivity index (χ0) is 14.0. The van der Waals surface area contributed by atoms with Crippen LogP contribution in [0.25, 0.3) is 0 Å². The van der Waals surface area contributed by atoms with Gasteiger partial charge in [-0.1, -0.05) is 42.8 Å². The Hall–Kier alpha value is -0.940. The Bertz CT molecular complexity index is 591. The van der Waals surface area contributed by atoms with Crippen molar-refractivity contribution in [3.05, 3.63) is 45.2 Å². The summed E-state index contributed by atoms with van der Waals surface area (Å²) in [5.41, 5.74) is 0.900. The van der Waals surface area contributed by atoms with Crippen LogP contribution < -0.4 is 5.32 Å². The Labute approximate surface area is 130 Å². The van der Waals surface area contributed by atoms with Crippen molar-refractivity contribution in [1.82, 2.24) is 9.97 Å². The number of nitrogens with one attached hydrogen (secondary N) is 1. The minimum Gasteiger partial charge on any atom is -0.340 e. The van der Waals surface area contributed by atoms with E-state index in [4.69, 9.17) is 0 Å². The van der Waals surface area contributed by atoms with Crippen molar-refractivity contribution >= 4 is 43.4 Å². The largest absolute Gasteiger partial charge is 0.340 e. The maximum absolute atomic E-state index is 4.56. The smallest absolute Gasteiger partial charge is 0.137 e. The second-order valence-corrected chi connectivity index (χ2v) is 7.01. The Morgan fingerprint density at radius 3 is 2.42 bits per heavy atom. The molecular formula is C14H15Br2N3. The van der Waals surface area contributed by atoms with Gasteiger partial charge in [0.1, 0.15) is 16.2 Å². The van der Waals surface area contributed by atoms with Crippen LogP contribution in [0.1, 0.15) is 26.6 Å². The third-order valence-electron chi connectivity index (χ3n) is 2.46. The number of halogens is 2. The first kappa shape index (κ1) is 14.5. The van der Waals surface area contributed by atoms with Crippen LogP contribution >= 0.6 is 31.9 Å². The van der Waals surface area contributed by atoms with E-state index in [1.165, 1.54) is 0 Å². The van der Waals surface area contributed by atoms with Gasteiger partial charge in [-0.05, 0) is 34.1 Å². The van der Waals surface area contributed by atoms with Gasteiger partial charge in [-0.25, -0.2) is 9.97 Å². The Balaban J connectivity index is 2.33. The summed E-state index contributed by atoms with van der Waals surface area (Å²) in [6.07, 6.45) is 0. The molecule has 0 unspecified atom stereocenters. The molecule has 2 rings (SSSR count). The SMILES string of the molecule is CC(C)(C)c1nc(Br)cc(Nc2cccc(Br)c2)n1. The van der Waals surface area contributed by atoms with Gasteiger partial charge in [0.15, 0.2) is 0 Å². The number of aromatic nitrogens is 2. The molecule has 3 nitrogen and oxygen atoms in total. The Morgan fingerprint density at radius 2 is 1.79 bits per heavy atom. The third kappa shape index (κ3) is 4.01. The minimum absolute atomic E-state index is 0.0858. The first-order chi connectivity index (χ1) is 8.84. The molecule has 0 saturated heterocycles. The fourth-order valence-electron chi connectivity index (χ4n) is 1.53. The molecule has 0 aliphatic carbocycles. The number of hydrogen-bond donors (Lipinski definition) is 1. The minimum atomic E-state index is -0.0858. The van der Waals surface area contributed by atoms with Gasteiger partial charge < -0.3 is 5.32 Å². The van der Waals surface area contributed by atoms with Crippen molar-refractivity contribution in [2.75, 3.05) is 5.32 Å². The summed E-state index contributed by atoms with van der Waals surface area (Å²) < 4.78 is 1.81. The highest BCUT2D eigenvalue weighted by Crippen LogP contribution is 2.25. The number of rotatable bonds is 2. The molecule has 0 atom stereocenters. The molecule has 0 aliphatic heterocycles. The highest BCUT2D eigenvalue weighted by molar-refractivity contribution is 9.10. The summed E-state index contributed by atoms with van der Waals surface area (Å²) in [7, 11) is 0. The number of nitrogens with zero attached hydrogens (tertiary/aromatic N) is 2. The van der Waals surface area contributed by atoms with E-state index in [1.807, 2.05) is 30.3 Å². The first-order valence-corrected chi connectivity index (χ1v) is 7.51. The van der Waals surface area contributed by atoms with Crippen molar-refractivity contribution in [3.8, 4) is 0 Å². The molecule has 1 aromatic carbocycles. The van der Waals surface area contributed by atoms with Crippen LogP contribution in [0.15, 0.2) is 39.4 Å². The summed E-state index contributed by atoms with van der Waals surface area (Å²) in [6, 6.07) is 9.84. The van der Waals surface area contributed by atoms with Crippen LogP contribution in [0.3, 0.4) is 0 Å². The zero-order valence-corrected chi connectivity index (χ0v) is 14.2. The van der Waals surface area contributed by atoms with Gasteiger partial charge in [0.2, 0.25) is 0 Å². The normalized spacial score (nSPS) is 11.4. The molecule has 0 spiro atoms. The van der Waals surface area contributed by atoms with E-state index >= 15 is 0 Å². The predicted molar refractivity (Wildman–Crippen MR) is 85.9 cm³/mol. The Kier molecular flexibility index (Phi) is 4.26. The third-order valence-corrected chi connectivity index (χ3v) is 3.36. The molecule has 0 saturated carbocycles. The highest BCUT2D eigenvalue weighted by atomic mass is 79.9. The summed E-state index contributed by atoms with van der Waals surface area (Å²) in [5.74, 6) is 1.59. The van der Waals surface area contributed by atoms with Crippen LogP contribution in [0.4, 0.5) is 11.5 Å². The van der Waals surface area contributed by atoms with Crippen LogP contribution in [0.5, 0.6) is 0 Å². The fraction of sp³-hybridized carbons (Fsp3) is 0.286. The van der Waals surface area contributed by atoms with E-state index in [0.717, 1.165) is 26.4 Å². The van der Waals surface area contributed by atoms with Gasteiger partial charge in [-0.15, -0.1) is 0 Å². The Morgan fingerprint density at radius 1 is 1.05 bits per heavy atom. The van der Waals surface area contributed by atoms with E-state index in [2.05, 4.69) is 67.9 Å².